The lowest BCUT2D eigenvalue weighted by atomic mass is 10.0. The van der Waals surface area contributed by atoms with Crippen molar-refractivity contribution in [3.63, 3.8) is 0 Å². The molecule has 0 N–H and O–H groups in total. The Kier molecular flexibility index (Phi) is 3.57. The molecule has 0 radical (unpaired) electrons. The molecule has 92 valence electrons. The highest BCUT2D eigenvalue weighted by atomic mass is 35.5. The molecule has 1 aromatic rings. The summed E-state index contributed by atoms with van der Waals surface area (Å²) in [7, 11) is 1.64. The molecule has 0 aromatic heterocycles. The van der Waals surface area contributed by atoms with Gasteiger partial charge in [0.15, 0.2) is 0 Å². The van der Waals surface area contributed by atoms with Crippen LogP contribution in [0.1, 0.15) is 19.8 Å². The van der Waals surface area contributed by atoms with E-state index in [2.05, 4.69) is 4.90 Å². The monoisotopic (exact) mass is 253 g/mol. The van der Waals surface area contributed by atoms with E-state index in [4.69, 9.17) is 16.3 Å². The highest BCUT2D eigenvalue weighted by Crippen LogP contribution is 2.33. The Morgan fingerprint density at radius 3 is 2.88 bits per heavy atom. The maximum atomic E-state index is 11.4. The Hall–Kier alpha value is -1.22. The number of Topliss-reactive ketones (excluding diaryl/α,β-unsaturated/α-hetero) is 1. The van der Waals surface area contributed by atoms with Gasteiger partial charge in [0.25, 0.3) is 0 Å². The van der Waals surface area contributed by atoms with Gasteiger partial charge in [-0.25, -0.2) is 0 Å². The number of piperidine rings is 1. The van der Waals surface area contributed by atoms with Crippen LogP contribution in [0.3, 0.4) is 0 Å². The zero-order valence-corrected chi connectivity index (χ0v) is 10.8. The lowest BCUT2D eigenvalue weighted by molar-refractivity contribution is -0.120. The maximum absolute atomic E-state index is 11.4. The van der Waals surface area contributed by atoms with Gasteiger partial charge in [0, 0.05) is 31.5 Å². The Bertz CT molecular complexity index is 433. The molecule has 1 aliphatic heterocycles. The quantitative estimate of drug-likeness (QED) is 0.812. The Morgan fingerprint density at radius 1 is 1.47 bits per heavy atom. The molecule has 3 nitrogen and oxygen atoms in total. The fraction of sp³-hybridized carbons (Fsp3) is 0.462. The standard InChI is InChI=1S/C13H16ClNO2/c1-9-7-10(16)5-6-15(9)13-8-11(17-2)3-4-12(13)14/h3-4,8-9H,5-7H2,1-2H3. The second-order valence-electron chi connectivity index (χ2n) is 4.35. The van der Waals surface area contributed by atoms with Crippen molar-refractivity contribution in [1.29, 1.82) is 0 Å². The molecule has 1 fully saturated rings. The normalized spacial score (nSPS) is 20.5. The van der Waals surface area contributed by atoms with Gasteiger partial charge in [0.1, 0.15) is 11.5 Å². The number of nitrogens with zero attached hydrogens (tertiary/aromatic N) is 1. The van der Waals surface area contributed by atoms with E-state index in [1.54, 1.807) is 7.11 Å². The van der Waals surface area contributed by atoms with E-state index in [-0.39, 0.29) is 6.04 Å². The predicted octanol–water partition coefficient (Wildman–Crippen LogP) is 2.91. The third-order valence-electron chi connectivity index (χ3n) is 3.15. The summed E-state index contributed by atoms with van der Waals surface area (Å²) in [6.07, 6.45) is 1.19. The predicted molar refractivity (Wildman–Crippen MR) is 69.1 cm³/mol. The molecule has 0 spiro atoms. The van der Waals surface area contributed by atoms with Crippen LogP contribution in [0.15, 0.2) is 18.2 Å². The molecular formula is C13H16ClNO2. The molecule has 1 unspecified atom stereocenters. The van der Waals surface area contributed by atoms with Crippen LogP contribution in [0.5, 0.6) is 5.75 Å². The van der Waals surface area contributed by atoms with Crippen LogP contribution in [0.2, 0.25) is 5.02 Å². The summed E-state index contributed by atoms with van der Waals surface area (Å²) in [5.74, 6) is 1.11. The minimum atomic E-state index is 0.195. The average molecular weight is 254 g/mol. The third kappa shape index (κ3) is 2.55. The molecule has 1 aliphatic rings. The topological polar surface area (TPSA) is 29.5 Å². The number of ether oxygens (including phenoxy) is 1. The number of carbonyl (C=O) groups excluding carboxylic acids is 1. The molecule has 1 saturated heterocycles. The minimum Gasteiger partial charge on any atom is -0.497 e. The average Bonchev–Trinajstić information content (AvgIpc) is 2.30. The molecule has 0 amide bonds. The summed E-state index contributed by atoms with van der Waals surface area (Å²) in [5.41, 5.74) is 0.950. The number of methoxy groups -OCH3 is 1. The number of hydrogen-bond donors (Lipinski definition) is 0. The van der Waals surface area contributed by atoms with Crippen molar-refractivity contribution < 1.29 is 9.53 Å². The molecular weight excluding hydrogens is 238 g/mol. The summed E-state index contributed by atoms with van der Waals surface area (Å²) in [6.45, 7) is 2.78. The fourth-order valence-electron chi connectivity index (χ4n) is 2.20. The van der Waals surface area contributed by atoms with Crippen LogP contribution in [0.25, 0.3) is 0 Å². The second-order valence-corrected chi connectivity index (χ2v) is 4.76. The van der Waals surface area contributed by atoms with Gasteiger partial charge in [-0.3, -0.25) is 4.79 Å². The number of halogens is 1. The SMILES string of the molecule is COc1ccc(Cl)c(N2CCC(=O)CC2C)c1. The number of rotatable bonds is 2. The summed E-state index contributed by atoms with van der Waals surface area (Å²) < 4.78 is 5.20. The van der Waals surface area contributed by atoms with Crippen LogP contribution < -0.4 is 9.64 Å². The van der Waals surface area contributed by atoms with Crippen LogP contribution in [0, 0.1) is 0 Å². The number of carbonyl (C=O) groups is 1. The van der Waals surface area contributed by atoms with Crippen molar-refractivity contribution in [2.75, 3.05) is 18.6 Å². The lowest BCUT2D eigenvalue weighted by Crippen LogP contribution is -2.41. The van der Waals surface area contributed by atoms with Crippen LogP contribution in [-0.4, -0.2) is 25.5 Å². The first-order chi connectivity index (χ1) is 8.11. The highest BCUT2D eigenvalue weighted by molar-refractivity contribution is 6.33. The fourth-order valence-corrected chi connectivity index (χ4v) is 2.43. The molecule has 17 heavy (non-hydrogen) atoms. The summed E-state index contributed by atoms with van der Waals surface area (Å²) >= 11 is 6.21. The van der Waals surface area contributed by atoms with Crippen molar-refractivity contribution in [2.24, 2.45) is 0 Å². The van der Waals surface area contributed by atoms with Crippen LogP contribution in [0.4, 0.5) is 5.69 Å². The van der Waals surface area contributed by atoms with Gasteiger partial charge in [-0.2, -0.15) is 0 Å². The molecule has 4 heteroatoms. The molecule has 2 rings (SSSR count). The molecule has 0 saturated carbocycles. The van der Waals surface area contributed by atoms with Gasteiger partial charge in [-0.05, 0) is 19.1 Å². The number of hydrogen-bond acceptors (Lipinski definition) is 3. The summed E-state index contributed by atoms with van der Waals surface area (Å²) in [4.78, 5) is 13.5. The van der Waals surface area contributed by atoms with Gasteiger partial charge >= 0.3 is 0 Å². The number of ketones is 1. The smallest absolute Gasteiger partial charge is 0.136 e. The highest BCUT2D eigenvalue weighted by Gasteiger charge is 2.25. The Labute approximate surface area is 106 Å². The molecule has 1 aromatic carbocycles. The Balaban J connectivity index is 2.29. The van der Waals surface area contributed by atoms with E-state index in [9.17, 15) is 4.79 Å². The minimum absolute atomic E-state index is 0.195. The third-order valence-corrected chi connectivity index (χ3v) is 3.47. The van der Waals surface area contributed by atoms with Gasteiger partial charge in [-0.15, -0.1) is 0 Å². The van der Waals surface area contributed by atoms with Gasteiger partial charge < -0.3 is 9.64 Å². The van der Waals surface area contributed by atoms with E-state index >= 15 is 0 Å². The van der Waals surface area contributed by atoms with E-state index in [1.807, 2.05) is 25.1 Å². The molecule has 0 aliphatic carbocycles. The molecule has 0 bridgehead atoms. The van der Waals surface area contributed by atoms with Crippen LogP contribution in [-0.2, 0) is 4.79 Å². The molecule has 1 atom stereocenters. The van der Waals surface area contributed by atoms with Crippen LogP contribution >= 0.6 is 11.6 Å². The van der Waals surface area contributed by atoms with E-state index in [0.717, 1.165) is 18.0 Å². The van der Waals surface area contributed by atoms with Crippen molar-refractivity contribution in [1.82, 2.24) is 0 Å². The van der Waals surface area contributed by atoms with Crippen molar-refractivity contribution in [3.05, 3.63) is 23.2 Å². The first kappa shape index (κ1) is 12.2. The van der Waals surface area contributed by atoms with Gasteiger partial charge in [0.2, 0.25) is 0 Å². The maximum Gasteiger partial charge on any atom is 0.136 e. The van der Waals surface area contributed by atoms with E-state index < -0.39 is 0 Å². The van der Waals surface area contributed by atoms with Crippen molar-refractivity contribution in [2.45, 2.75) is 25.8 Å². The lowest BCUT2D eigenvalue weighted by Gasteiger charge is -2.35. The zero-order chi connectivity index (χ0) is 12.4. The zero-order valence-electron chi connectivity index (χ0n) is 10.1. The van der Waals surface area contributed by atoms with E-state index in [1.165, 1.54) is 0 Å². The Morgan fingerprint density at radius 2 is 2.24 bits per heavy atom. The summed E-state index contributed by atoms with van der Waals surface area (Å²) in [6, 6.07) is 5.79. The van der Waals surface area contributed by atoms with Crippen molar-refractivity contribution in [3.8, 4) is 5.75 Å². The molecule has 1 heterocycles. The van der Waals surface area contributed by atoms with Crippen molar-refractivity contribution >= 4 is 23.1 Å². The largest absolute Gasteiger partial charge is 0.497 e. The number of anilines is 1. The van der Waals surface area contributed by atoms with Gasteiger partial charge in [0.05, 0.1) is 17.8 Å². The first-order valence-electron chi connectivity index (χ1n) is 5.73. The van der Waals surface area contributed by atoms with E-state index in [0.29, 0.717) is 23.6 Å². The second kappa shape index (κ2) is 4.96. The first-order valence-corrected chi connectivity index (χ1v) is 6.11. The number of benzene rings is 1. The van der Waals surface area contributed by atoms with Gasteiger partial charge in [-0.1, -0.05) is 11.6 Å². The summed E-state index contributed by atoms with van der Waals surface area (Å²) in [5, 5.41) is 0.701.